The highest BCUT2D eigenvalue weighted by Crippen LogP contribution is 2.30. The first-order chi connectivity index (χ1) is 8.76. The standard InChI is InChI=1S/C14H24N2OS/c1-2-13(15)14(12-5-8-18-10-12)16-6-3-11(9-17)4-7-16/h5,8,10-11,13-14,17H,2-4,6-7,9,15H2,1H3. The highest BCUT2D eigenvalue weighted by Gasteiger charge is 2.29. The first kappa shape index (κ1) is 14.0. The third-order valence-electron chi connectivity index (χ3n) is 4.06. The molecule has 1 aliphatic rings. The van der Waals surface area contributed by atoms with Gasteiger partial charge in [-0.25, -0.2) is 0 Å². The van der Waals surface area contributed by atoms with Gasteiger partial charge in [-0.3, -0.25) is 4.90 Å². The van der Waals surface area contributed by atoms with Gasteiger partial charge in [-0.1, -0.05) is 6.92 Å². The van der Waals surface area contributed by atoms with Gasteiger partial charge in [0.2, 0.25) is 0 Å². The van der Waals surface area contributed by atoms with Crippen LogP contribution in [-0.2, 0) is 0 Å². The maximum atomic E-state index is 9.21. The lowest BCUT2D eigenvalue weighted by Crippen LogP contribution is -2.44. The van der Waals surface area contributed by atoms with Crippen LogP contribution in [0.15, 0.2) is 16.8 Å². The van der Waals surface area contributed by atoms with E-state index in [1.54, 1.807) is 11.3 Å². The van der Waals surface area contributed by atoms with E-state index in [0.717, 1.165) is 32.4 Å². The van der Waals surface area contributed by atoms with E-state index in [2.05, 4.69) is 28.7 Å². The largest absolute Gasteiger partial charge is 0.396 e. The van der Waals surface area contributed by atoms with E-state index in [9.17, 15) is 5.11 Å². The van der Waals surface area contributed by atoms with Gasteiger partial charge >= 0.3 is 0 Å². The minimum absolute atomic E-state index is 0.199. The summed E-state index contributed by atoms with van der Waals surface area (Å²) in [5, 5.41) is 13.6. The van der Waals surface area contributed by atoms with Crippen molar-refractivity contribution in [1.29, 1.82) is 0 Å². The summed E-state index contributed by atoms with van der Waals surface area (Å²) in [6.07, 6.45) is 3.18. The lowest BCUT2D eigenvalue weighted by molar-refractivity contribution is 0.0886. The van der Waals surface area contributed by atoms with Crippen LogP contribution in [0.1, 0.15) is 37.8 Å². The van der Waals surface area contributed by atoms with Crippen molar-refractivity contribution in [3.63, 3.8) is 0 Å². The van der Waals surface area contributed by atoms with Gasteiger partial charge in [0.15, 0.2) is 0 Å². The number of hydrogen-bond acceptors (Lipinski definition) is 4. The molecule has 2 heterocycles. The van der Waals surface area contributed by atoms with Crippen molar-refractivity contribution < 1.29 is 5.11 Å². The highest BCUT2D eigenvalue weighted by molar-refractivity contribution is 7.07. The zero-order valence-electron chi connectivity index (χ0n) is 11.1. The summed E-state index contributed by atoms with van der Waals surface area (Å²) in [6, 6.07) is 2.74. The van der Waals surface area contributed by atoms with Gasteiger partial charge < -0.3 is 10.8 Å². The molecule has 0 aliphatic carbocycles. The maximum absolute atomic E-state index is 9.21. The number of rotatable bonds is 5. The van der Waals surface area contributed by atoms with Crippen LogP contribution in [0.25, 0.3) is 0 Å². The van der Waals surface area contributed by atoms with Gasteiger partial charge in [0, 0.05) is 12.6 Å². The Kier molecular flexibility index (Phi) is 5.18. The SMILES string of the molecule is CCC(N)C(c1ccsc1)N1CCC(CO)CC1. The van der Waals surface area contributed by atoms with Crippen LogP contribution in [0.5, 0.6) is 0 Å². The molecule has 102 valence electrons. The molecule has 0 radical (unpaired) electrons. The molecule has 4 heteroatoms. The molecule has 2 rings (SSSR count). The van der Waals surface area contributed by atoms with Crippen LogP contribution in [0.3, 0.4) is 0 Å². The highest BCUT2D eigenvalue weighted by atomic mass is 32.1. The van der Waals surface area contributed by atoms with Crippen LogP contribution in [0.2, 0.25) is 0 Å². The average molecular weight is 268 g/mol. The van der Waals surface area contributed by atoms with Crippen LogP contribution < -0.4 is 5.73 Å². The molecule has 1 aliphatic heterocycles. The van der Waals surface area contributed by atoms with Crippen molar-refractivity contribution in [2.45, 2.75) is 38.3 Å². The number of nitrogens with zero attached hydrogens (tertiary/aromatic N) is 1. The number of hydrogen-bond donors (Lipinski definition) is 2. The van der Waals surface area contributed by atoms with E-state index < -0.39 is 0 Å². The molecular weight excluding hydrogens is 244 g/mol. The Bertz CT molecular complexity index is 334. The predicted octanol–water partition coefficient (Wildman–Crippen LogP) is 2.23. The molecule has 1 saturated heterocycles. The van der Waals surface area contributed by atoms with E-state index in [4.69, 9.17) is 5.73 Å². The summed E-state index contributed by atoms with van der Waals surface area (Å²) in [7, 11) is 0. The van der Waals surface area contributed by atoms with Crippen molar-refractivity contribution in [3.8, 4) is 0 Å². The zero-order chi connectivity index (χ0) is 13.0. The summed E-state index contributed by atoms with van der Waals surface area (Å²) in [5.74, 6) is 0.488. The monoisotopic (exact) mass is 268 g/mol. The Morgan fingerprint density at radius 1 is 1.50 bits per heavy atom. The quantitative estimate of drug-likeness (QED) is 0.861. The normalized spacial score (nSPS) is 21.9. The Morgan fingerprint density at radius 2 is 2.22 bits per heavy atom. The van der Waals surface area contributed by atoms with Gasteiger partial charge in [0.05, 0.1) is 6.04 Å². The topological polar surface area (TPSA) is 49.5 Å². The Labute approximate surface area is 114 Å². The Balaban J connectivity index is 2.06. The van der Waals surface area contributed by atoms with Crippen molar-refractivity contribution >= 4 is 11.3 Å². The number of thiophene rings is 1. The smallest absolute Gasteiger partial charge is 0.0507 e. The van der Waals surface area contributed by atoms with E-state index in [1.165, 1.54) is 5.56 Å². The second-order valence-electron chi connectivity index (χ2n) is 5.24. The van der Waals surface area contributed by atoms with Gasteiger partial charge in [-0.2, -0.15) is 11.3 Å². The first-order valence-electron chi connectivity index (χ1n) is 6.88. The van der Waals surface area contributed by atoms with Crippen LogP contribution in [0, 0.1) is 5.92 Å². The third-order valence-corrected chi connectivity index (χ3v) is 4.76. The second kappa shape index (κ2) is 6.66. The van der Waals surface area contributed by atoms with Gasteiger partial charge in [0.25, 0.3) is 0 Å². The lowest BCUT2D eigenvalue weighted by atomic mass is 9.92. The van der Waals surface area contributed by atoms with Gasteiger partial charge in [-0.15, -0.1) is 0 Å². The molecule has 1 fully saturated rings. The fourth-order valence-corrected chi connectivity index (χ4v) is 3.50. The number of aliphatic hydroxyl groups excluding tert-OH is 1. The molecule has 1 aromatic heterocycles. The molecule has 0 aromatic carbocycles. The minimum Gasteiger partial charge on any atom is -0.396 e. The zero-order valence-corrected chi connectivity index (χ0v) is 11.9. The van der Waals surface area contributed by atoms with E-state index >= 15 is 0 Å². The minimum atomic E-state index is 0.199. The molecule has 3 nitrogen and oxygen atoms in total. The summed E-state index contributed by atoms with van der Waals surface area (Å²) < 4.78 is 0. The molecular formula is C14H24N2OS. The lowest BCUT2D eigenvalue weighted by Gasteiger charge is -2.39. The molecule has 0 saturated carbocycles. The molecule has 0 spiro atoms. The van der Waals surface area contributed by atoms with E-state index in [0.29, 0.717) is 18.6 Å². The number of aliphatic hydroxyl groups is 1. The molecule has 0 amide bonds. The maximum Gasteiger partial charge on any atom is 0.0507 e. The van der Waals surface area contributed by atoms with Crippen molar-refractivity contribution in [3.05, 3.63) is 22.4 Å². The molecule has 0 bridgehead atoms. The molecule has 1 aromatic rings. The summed E-state index contributed by atoms with van der Waals surface area (Å²) in [6.45, 7) is 4.60. The molecule has 2 atom stereocenters. The summed E-state index contributed by atoms with van der Waals surface area (Å²) in [5.41, 5.74) is 7.68. The van der Waals surface area contributed by atoms with Crippen molar-refractivity contribution in [2.75, 3.05) is 19.7 Å². The first-order valence-corrected chi connectivity index (χ1v) is 7.83. The van der Waals surface area contributed by atoms with Gasteiger partial charge in [0.1, 0.15) is 0 Å². The van der Waals surface area contributed by atoms with Crippen molar-refractivity contribution in [2.24, 2.45) is 11.7 Å². The molecule has 3 N–H and O–H groups in total. The average Bonchev–Trinajstić information content (AvgIpc) is 2.93. The molecule has 18 heavy (non-hydrogen) atoms. The summed E-state index contributed by atoms with van der Waals surface area (Å²) in [4.78, 5) is 2.50. The number of likely N-dealkylation sites (tertiary alicyclic amines) is 1. The summed E-state index contributed by atoms with van der Waals surface area (Å²) >= 11 is 1.74. The van der Waals surface area contributed by atoms with Crippen molar-refractivity contribution in [1.82, 2.24) is 4.90 Å². The van der Waals surface area contributed by atoms with Gasteiger partial charge in [-0.05, 0) is 60.7 Å². The Hall–Kier alpha value is -0.420. The van der Waals surface area contributed by atoms with Crippen LogP contribution in [-0.4, -0.2) is 35.7 Å². The Morgan fingerprint density at radius 3 is 2.72 bits per heavy atom. The van der Waals surface area contributed by atoms with E-state index in [-0.39, 0.29) is 6.04 Å². The second-order valence-corrected chi connectivity index (χ2v) is 6.02. The fourth-order valence-electron chi connectivity index (χ4n) is 2.81. The van der Waals surface area contributed by atoms with Crippen LogP contribution in [0.4, 0.5) is 0 Å². The number of nitrogens with two attached hydrogens (primary N) is 1. The van der Waals surface area contributed by atoms with E-state index in [1.807, 2.05) is 0 Å². The molecule has 2 unspecified atom stereocenters. The van der Waals surface area contributed by atoms with Crippen LogP contribution >= 0.6 is 11.3 Å². The fraction of sp³-hybridized carbons (Fsp3) is 0.714. The number of piperidine rings is 1. The predicted molar refractivity (Wildman–Crippen MR) is 76.7 cm³/mol. The third kappa shape index (κ3) is 3.12.